The van der Waals surface area contributed by atoms with E-state index >= 15 is 0 Å². The molecule has 210 valence electrons. The maximum atomic E-state index is 12.8. The number of unbranched alkanes of at least 4 members (excludes halogenated alkanes) is 3. The summed E-state index contributed by atoms with van der Waals surface area (Å²) in [5.74, 6) is -0.423. The van der Waals surface area contributed by atoms with E-state index in [9.17, 15) is 14.4 Å². The largest absolute Gasteiger partial charge is 0.465 e. The maximum absolute atomic E-state index is 12.8. The summed E-state index contributed by atoms with van der Waals surface area (Å²) in [6.07, 6.45) is 10.0. The monoisotopic (exact) mass is 510 g/mol. The molecule has 0 atom stereocenters. The van der Waals surface area contributed by atoms with Gasteiger partial charge in [0.05, 0.1) is 37.6 Å². The molecule has 0 amide bonds. The molecule has 0 saturated heterocycles. The molecule has 0 aromatic carbocycles. The lowest BCUT2D eigenvalue weighted by atomic mass is 9.75. The van der Waals surface area contributed by atoms with Crippen molar-refractivity contribution in [2.24, 2.45) is 35.5 Å². The lowest BCUT2D eigenvalue weighted by Gasteiger charge is -2.31. The van der Waals surface area contributed by atoms with E-state index in [1.807, 2.05) is 0 Å². The van der Waals surface area contributed by atoms with E-state index in [4.69, 9.17) is 14.2 Å². The number of carbonyl (C=O) groups excluding carboxylic acids is 3. The Morgan fingerprint density at radius 1 is 0.500 bits per heavy atom. The second-order valence-corrected chi connectivity index (χ2v) is 12.0. The topological polar surface area (TPSA) is 78.9 Å². The second-order valence-electron chi connectivity index (χ2n) is 12.0. The van der Waals surface area contributed by atoms with E-state index in [1.54, 1.807) is 0 Å². The van der Waals surface area contributed by atoms with Crippen LogP contribution in [0, 0.1) is 35.5 Å². The van der Waals surface area contributed by atoms with Crippen LogP contribution in [0.25, 0.3) is 0 Å². The van der Waals surface area contributed by atoms with E-state index in [0.717, 1.165) is 57.8 Å². The van der Waals surface area contributed by atoms with Gasteiger partial charge in [0.2, 0.25) is 0 Å². The Kier molecular flexibility index (Phi) is 16.8. The number of ether oxygens (including phenoxy) is 3. The minimum atomic E-state index is -0.471. The molecule has 1 aliphatic rings. The number of hydrogen-bond acceptors (Lipinski definition) is 6. The van der Waals surface area contributed by atoms with Crippen LogP contribution in [0.3, 0.4) is 0 Å². The van der Waals surface area contributed by atoms with Crippen LogP contribution in [-0.2, 0) is 28.6 Å². The summed E-state index contributed by atoms with van der Waals surface area (Å²) in [4.78, 5) is 38.5. The molecule has 0 spiro atoms. The number of esters is 3. The lowest BCUT2D eigenvalue weighted by Crippen LogP contribution is -2.37. The molecular formula is C30H54O6. The molecule has 1 rings (SSSR count). The van der Waals surface area contributed by atoms with Crippen molar-refractivity contribution in [2.75, 3.05) is 19.8 Å². The lowest BCUT2D eigenvalue weighted by molar-refractivity contribution is -0.161. The first kappa shape index (κ1) is 32.4. The molecule has 0 radical (unpaired) electrons. The fourth-order valence-corrected chi connectivity index (χ4v) is 4.73. The Morgan fingerprint density at radius 3 is 0.972 bits per heavy atom. The number of carbonyl (C=O) groups is 3. The SMILES string of the molecule is CC(C)CCCCOC(=O)C1CC(C(=O)OCCCCC(C)C)CC(C(=O)OCCCCC(C)C)C1. The first-order valence-electron chi connectivity index (χ1n) is 14.6. The molecule has 0 heterocycles. The van der Waals surface area contributed by atoms with Crippen LogP contribution in [0.4, 0.5) is 0 Å². The van der Waals surface area contributed by atoms with Crippen LogP contribution in [0.15, 0.2) is 0 Å². The van der Waals surface area contributed by atoms with Crippen LogP contribution in [-0.4, -0.2) is 37.7 Å². The molecule has 0 aliphatic heterocycles. The predicted molar refractivity (Wildman–Crippen MR) is 143 cm³/mol. The van der Waals surface area contributed by atoms with Gasteiger partial charge in [-0.2, -0.15) is 0 Å². The van der Waals surface area contributed by atoms with Crippen LogP contribution in [0.5, 0.6) is 0 Å². The third-order valence-corrected chi connectivity index (χ3v) is 6.97. The zero-order valence-corrected chi connectivity index (χ0v) is 24.0. The highest BCUT2D eigenvalue weighted by atomic mass is 16.5. The van der Waals surface area contributed by atoms with E-state index < -0.39 is 17.8 Å². The Bertz CT molecular complexity index is 535. The van der Waals surface area contributed by atoms with Crippen molar-refractivity contribution in [2.45, 2.75) is 119 Å². The van der Waals surface area contributed by atoms with Crippen molar-refractivity contribution in [1.29, 1.82) is 0 Å². The molecule has 0 unspecified atom stereocenters. The highest BCUT2D eigenvalue weighted by molar-refractivity contribution is 5.80. The molecule has 6 heteroatoms. The minimum absolute atomic E-state index is 0.302. The average Bonchev–Trinajstić information content (AvgIpc) is 2.82. The zero-order valence-electron chi connectivity index (χ0n) is 24.0. The molecule has 6 nitrogen and oxygen atoms in total. The van der Waals surface area contributed by atoms with Gasteiger partial charge in [-0.15, -0.1) is 0 Å². The molecular weight excluding hydrogens is 456 g/mol. The quantitative estimate of drug-likeness (QED) is 0.111. The molecule has 0 aromatic heterocycles. The van der Waals surface area contributed by atoms with Crippen molar-refractivity contribution in [3.63, 3.8) is 0 Å². The van der Waals surface area contributed by atoms with Crippen LogP contribution >= 0.6 is 0 Å². The van der Waals surface area contributed by atoms with Crippen molar-refractivity contribution in [1.82, 2.24) is 0 Å². The van der Waals surface area contributed by atoms with Crippen LogP contribution in [0.1, 0.15) is 119 Å². The summed E-state index contributed by atoms with van der Waals surface area (Å²) in [6.45, 7) is 14.3. The summed E-state index contributed by atoms with van der Waals surface area (Å²) in [7, 11) is 0. The van der Waals surface area contributed by atoms with Crippen molar-refractivity contribution in [3.8, 4) is 0 Å². The van der Waals surface area contributed by atoms with Crippen molar-refractivity contribution in [3.05, 3.63) is 0 Å². The molecule has 0 bridgehead atoms. The smallest absolute Gasteiger partial charge is 0.308 e. The van der Waals surface area contributed by atoms with E-state index in [1.165, 1.54) is 0 Å². The predicted octanol–water partition coefficient (Wildman–Crippen LogP) is 7.13. The van der Waals surface area contributed by atoms with E-state index in [0.29, 0.717) is 56.8 Å². The third-order valence-electron chi connectivity index (χ3n) is 6.97. The Morgan fingerprint density at radius 2 is 0.750 bits per heavy atom. The van der Waals surface area contributed by atoms with Gasteiger partial charge in [0.1, 0.15) is 0 Å². The van der Waals surface area contributed by atoms with E-state index in [2.05, 4.69) is 41.5 Å². The molecule has 0 N–H and O–H groups in total. The minimum Gasteiger partial charge on any atom is -0.465 e. The Hall–Kier alpha value is -1.59. The maximum Gasteiger partial charge on any atom is 0.308 e. The first-order chi connectivity index (χ1) is 17.1. The fourth-order valence-electron chi connectivity index (χ4n) is 4.73. The van der Waals surface area contributed by atoms with Crippen LogP contribution in [0.2, 0.25) is 0 Å². The number of hydrogen-bond donors (Lipinski definition) is 0. The second kappa shape index (κ2) is 18.6. The fraction of sp³-hybridized carbons (Fsp3) is 0.900. The standard InChI is InChI=1S/C30H54O6/c1-22(2)13-7-10-16-34-28(31)25-19-26(29(32)35-17-11-8-14-23(3)4)21-27(20-25)30(33)36-18-12-9-15-24(5)6/h22-27H,7-21H2,1-6H3. The highest BCUT2D eigenvalue weighted by Gasteiger charge is 2.41. The number of rotatable bonds is 18. The molecule has 1 aliphatic carbocycles. The average molecular weight is 511 g/mol. The van der Waals surface area contributed by atoms with Crippen molar-refractivity contribution < 1.29 is 28.6 Å². The summed E-state index contributed by atoms with van der Waals surface area (Å²) >= 11 is 0. The molecule has 1 fully saturated rings. The van der Waals surface area contributed by atoms with Crippen LogP contribution < -0.4 is 0 Å². The summed E-state index contributed by atoms with van der Waals surface area (Å²) < 4.78 is 16.6. The Balaban J connectivity index is 2.63. The molecule has 36 heavy (non-hydrogen) atoms. The van der Waals surface area contributed by atoms with E-state index in [-0.39, 0.29) is 17.9 Å². The van der Waals surface area contributed by atoms with Gasteiger partial charge in [-0.1, -0.05) is 60.8 Å². The van der Waals surface area contributed by atoms with Gasteiger partial charge >= 0.3 is 17.9 Å². The molecule has 0 aromatic rings. The van der Waals surface area contributed by atoms with Crippen molar-refractivity contribution >= 4 is 17.9 Å². The van der Waals surface area contributed by atoms with Gasteiger partial charge in [-0.25, -0.2) is 0 Å². The van der Waals surface area contributed by atoms with Gasteiger partial charge in [0, 0.05) is 0 Å². The zero-order chi connectivity index (χ0) is 26.9. The Labute approximate surface area is 220 Å². The van der Waals surface area contributed by atoms with Gasteiger partial charge < -0.3 is 14.2 Å². The normalized spacial score (nSPS) is 20.1. The van der Waals surface area contributed by atoms with Gasteiger partial charge in [-0.3, -0.25) is 14.4 Å². The summed E-state index contributed by atoms with van der Waals surface area (Å²) in [5, 5.41) is 0. The van der Waals surface area contributed by atoms with Gasteiger partial charge in [0.25, 0.3) is 0 Å². The summed E-state index contributed by atoms with van der Waals surface area (Å²) in [5.41, 5.74) is 0. The van der Waals surface area contributed by atoms with Gasteiger partial charge in [-0.05, 0) is 75.5 Å². The third kappa shape index (κ3) is 14.8. The van der Waals surface area contributed by atoms with Gasteiger partial charge in [0.15, 0.2) is 0 Å². The summed E-state index contributed by atoms with van der Waals surface area (Å²) in [6, 6.07) is 0. The highest BCUT2D eigenvalue weighted by Crippen LogP contribution is 2.36. The molecule has 1 saturated carbocycles. The first-order valence-corrected chi connectivity index (χ1v) is 14.6.